The first kappa shape index (κ1) is 19.3. The highest BCUT2D eigenvalue weighted by atomic mass is 32.1. The van der Waals surface area contributed by atoms with Gasteiger partial charge in [0, 0.05) is 64.3 Å². The van der Waals surface area contributed by atoms with Gasteiger partial charge in [-0.3, -0.25) is 4.99 Å². The fourth-order valence-electron chi connectivity index (χ4n) is 3.18. The summed E-state index contributed by atoms with van der Waals surface area (Å²) in [6.07, 6.45) is 3.45. The molecule has 1 atom stereocenters. The van der Waals surface area contributed by atoms with Crippen molar-refractivity contribution in [3.05, 3.63) is 5.82 Å². The lowest BCUT2D eigenvalue weighted by molar-refractivity contribution is 0.0190. The number of rotatable bonds is 7. The molecule has 9 heteroatoms. The summed E-state index contributed by atoms with van der Waals surface area (Å²) in [7, 11) is 1.83. The first-order valence-electron chi connectivity index (χ1n) is 9.52. The van der Waals surface area contributed by atoms with E-state index in [4.69, 9.17) is 9.47 Å². The first-order valence-corrected chi connectivity index (χ1v) is 10.3. The van der Waals surface area contributed by atoms with E-state index in [9.17, 15) is 0 Å². The highest BCUT2D eigenvalue weighted by Crippen LogP contribution is 2.19. The quantitative estimate of drug-likeness (QED) is 0.428. The van der Waals surface area contributed by atoms with Crippen molar-refractivity contribution in [2.45, 2.75) is 32.3 Å². The fraction of sp³-hybridized carbons (Fsp3) is 0.824. The Morgan fingerprint density at radius 1 is 1.38 bits per heavy atom. The first-order chi connectivity index (χ1) is 12.8. The van der Waals surface area contributed by atoms with Crippen LogP contribution in [0.2, 0.25) is 0 Å². The SMILES string of the molecule is CCc1nsc(N2CCN(C(=NC)NCCOCC3CCCO3)CC2)n1. The number of anilines is 1. The van der Waals surface area contributed by atoms with E-state index in [2.05, 4.69) is 36.4 Å². The van der Waals surface area contributed by atoms with Crippen LogP contribution in [0.4, 0.5) is 5.13 Å². The Morgan fingerprint density at radius 2 is 2.23 bits per heavy atom. The molecule has 146 valence electrons. The Kier molecular flexibility index (Phi) is 7.45. The van der Waals surface area contributed by atoms with E-state index in [-0.39, 0.29) is 6.10 Å². The Morgan fingerprint density at radius 3 is 2.88 bits per heavy atom. The summed E-state index contributed by atoms with van der Waals surface area (Å²) < 4.78 is 15.6. The normalized spacial score (nSPS) is 21.5. The van der Waals surface area contributed by atoms with Crippen LogP contribution in [0.25, 0.3) is 0 Å². The molecule has 0 amide bonds. The van der Waals surface area contributed by atoms with E-state index in [1.807, 2.05) is 7.05 Å². The average Bonchev–Trinajstić information content (AvgIpc) is 3.36. The Labute approximate surface area is 159 Å². The molecule has 2 aliphatic heterocycles. The van der Waals surface area contributed by atoms with Gasteiger partial charge in [-0.15, -0.1) is 0 Å². The number of ether oxygens (including phenoxy) is 2. The Bertz CT molecular complexity index is 567. The molecule has 0 aromatic carbocycles. The van der Waals surface area contributed by atoms with Crippen molar-refractivity contribution < 1.29 is 9.47 Å². The molecule has 2 fully saturated rings. The second-order valence-electron chi connectivity index (χ2n) is 6.50. The minimum absolute atomic E-state index is 0.288. The molecule has 0 aliphatic carbocycles. The van der Waals surface area contributed by atoms with Crippen molar-refractivity contribution in [2.75, 3.05) is 64.5 Å². The third-order valence-corrected chi connectivity index (χ3v) is 5.51. The summed E-state index contributed by atoms with van der Waals surface area (Å²) in [5, 5.41) is 4.43. The molecular weight excluding hydrogens is 352 g/mol. The van der Waals surface area contributed by atoms with Gasteiger partial charge >= 0.3 is 0 Å². The summed E-state index contributed by atoms with van der Waals surface area (Å²) in [6, 6.07) is 0. The minimum Gasteiger partial charge on any atom is -0.377 e. The maximum absolute atomic E-state index is 5.70. The molecular formula is C17H30N6O2S. The number of guanidine groups is 1. The van der Waals surface area contributed by atoms with Crippen molar-refractivity contribution >= 4 is 22.6 Å². The summed E-state index contributed by atoms with van der Waals surface area (Å²) in [6.45, 7) is 8.82. The highest BCUT2D eigenvalue weighted by Gasteiger charge is 2.22. The monoisotopic (exact) mass is 382 g/mol. The number of aromatic nitrogens is 2. The van der Waals surface area contributed by atoms with Crippen molar-refractivity contribution in [1.29, 1.82) is 0 Å². The zero-order valence-corrected chi connectivity index (χ0v) is 16.6. The maximum atomic E-state index is 5.70. The number of hydrogen-bond acceptors (Lipinski definition) is 7. The van der Waals surface area contributed by atoms with Crippen molar-refractivity contribution in [3.63, 3.8) is 0 Å². The molecule has 1 aromatic rings. The van der Waals surface area contributed by atoms with Crippen molar-refractivity contribution in [3.8, 4) is 0 Å². The van der Waals surface area contributed by atoms with Gasteiger partial charge in [-0.1, -0.05) is 6.92 Å². The van der Waals surface area contributed by atoms with Crippen LogP contribution in [0.15, 0.2) is 4.99 Å². The predicted molar refractivity (Wildman–Crippen MR) is 104 cm³/mol. The molecule has 2 aliphatic rings. The minimum atomic E-state index is 0.288. The van der Waals surface area contributed by atoms with E-state index in [0.717, 1.165) is 75.5 Å². The molecule has 3 rings (SSSR count). The molecule has 1 N–H and O–H groups in total. The second-order valence-corrected chi connectivity index (χ2v) is 7.24. The van der Waals surface area contributed by atoms with Gasteiger partial charge in [-0.2, -0.15) is 4.37 Å². The molecule has 1 aromatic heterocycles. The molecule has 3 heterocycles. The van der Waals surface area contributed by atoms with Gasteiger partial charge in [0.1, 0.15) is 5.82 Å². The molecule has 0 spiro atoms. The van der Waals surface area contributed by atoms with E-state index >= 15 is 0 Å². The molecule has 0 radical (unpaired) electrons. The second kappa shape index (κ2) is 10.0. The number of aryl methyl sites for hydroxylation is 1. The number of nitrogens with one attached hydrogen (secondary N) is 1. The van der Waals surface area contributed by atoms with Crippen LogP contribution in [0.5, 0.6) is 0 Å². The van der Waals surface area contributed by atoms with E-state index in [1.165, 1.54) is 11.5 Å². The van der Waals surface area contributed by atoms with Gasteiger partial charge in [-0.25, -0.2) is 4.98 Å². The zero-order valence-electron chi connectivity index (χ0n) is 15.8. The third kappa shape index (κ3) is 5.28. The molecule has 0 bridgehead atoms. The molecule has 26 heavy (non-hydrogen) atoms. The Balaban J connectivity index is 1.35. The van der Waals surface area contributed by atoms with E-state index < -0.39 is 0 Å². The van der Waals surface area contributed by atoms with Gasteiger partial charge in [-0.05, 0) is 12.8 Å². The predicted octanol–water partition coefficient (Wildman–Crippen LogP) is 0.994. The summed E-state index contributed by atoms with van der Waals surface area (Å²) >= 11 is 1.50. The van der Waals surface area contributed by atoms with Gasteiger partial charge in [0.25, 0.3) is 0 Å². The number of nitrogens with zero attached hydrogens (tertiary/aromatic N) is 5. The average molecular weight is 383 g/mol. The van der Waals surface area contributed by atoms with E-state index in [1.54, 1.807) is 0 Å². The molecule has 1 unspecified atom stereocenters. The highest BCUT2D eigenvalue weighted by molar-refractivity contribution is 7.09. The van der Waals surface area contributed by atoms with Crippen LogP contribution in [-0.4, -0.2) is 85.9 Å². The van der Waals surface area contributed by atoms with Gasteiger partial charge in [0.05, 0.1) is 19.3 Å². The third-order valence-electron chi connectivity index (χ3n) is 4.69. The van der Waals surface area contributed by atoms with Crippen LogP contribution in [0, 0.1) is 0 Å². The van der Waals surface area contributed by atoms with Crippen LogP contribution in [-0.2, 0) is 15.9 Å². The topological polar surface area (TPSA) is 75.1 Å². The fourth-order valence-corrected chi connectivity index (χ4v) is 3.99. The van der Waals surface area contributed by atoms with Crippen LogP contribution >= 0.6 is 11.5 Å². The Hall–Kier alpha value is -1.45. The van der Waals surface area contributed by atoms with Crippen LogP contribution in [0.3, 0.4) is 0 Å². The number of piperazine rings is 1. The van der Waals surface area contributed by atoms with Gasteiger partial charge < -0.3 is 24.6 Å². The van der Waals surface area contributed by atoms with Gasteiger partial charge in [0.15, 0.2) is 5.96 Å². The van der Waals surface area contributed by atoms with Crippen LogP contribution in [0.1, 0.15) is 25.6 Å². The summed E-state index contributed by atoms with van der Waals surface area (Å²) in [4.78, 5) is 13.6. The molecule has 8 nitrogen and oxygen atoms in total. The lowest BCUT2D eigenvalue weighted by Gasteiger charge is -2.36. The van der Waals surface area contributed by atoms with Gasteiger partial charge in [0.2, 0.25) is 5.13 Å². The maximum Gasteiger partial charge on any atom is 0.205 e. The standard InChI is InChI=1S/C17H30N6O2S/c1-3-15-20-17(26-21-15)23-9-7-22(8-10-23)16(18-2)19-6-12-24-13-14-5-4-11-25-14/h14H,3-13H2,1-2H3,(H,18,19). The summed E-state index contributed by atoms with van der Waals surface area (Å²) in [5.74, 6) is 1.88. The number of hydrogen-bond donors (Lipinski definition) is 1. The largest absolute Gasteiger partial charge is 0.377 e. The lowest BCUT2D eigenvalue weighted by Crippen LogP contribution is -2.53. The molecule has 0 saturated carbocycles. The number of aliphatic imine (C=N–C) groups is 1. The van der Waals surface area contributed by atoms with Crippen molar-refractivity contribution in [2.24, 2.45) is 4.99 Å². The van der Waals surface area contributed by atoms with Crippen molar-refractivity contribution in [1.82, 2.24) is 19.6 Å². The smallest absolute Gasteiger partial charge is 0.205 e. The summed E-state index contributed by atoms with van der Waals surface area (Å²) in [5.41, 5.74) is 0. The van der Waals surface area contributed by atoms with E-state index in [0.29, 0.717) is 13.2 Å². The van der Waals surface area contributed by atoms with Crippen LogP contribution < -0.4 is 10.2 Å². The molecule has 2 saturated heterocycles. The lowest BCUT2D eigenvalue weighted by atomic mass is 10.2. The zero-order chi connectivity index (χ0) is 18.2.